The van der Waals surface area contributed by atoms with E-state index in [4.69, 9.17) is 0 Å². The van der Waals surface area contributed by atoms with Crippen molar-refractivity contribution in [3.8, 4) is 0 Å². The summed E-state index contributed by atoms with van der Waals surface area (Å²) in [7, 11) is 0. The largest absolute Gasteiger partial charge is 0.310 e. The number of aromatic nitrogens is 2. The fourth-order valence-corrected chi connectivity index (χ4v) is 2.44. The number of aromatic amines is 1. The number of H-pyrrole nitrogens is 1. The van der Waals surface area contributed by atoms with Gasteiger partial charge in [-0.3, -0.25) is 5.10 Å². The van der Waals surface area contributed by atoms with Gasteiger partial charge in [0.05, 0.1) is 6.20 Å². The molecule has 0 aliphatic heterocycles. The highest BCUT2D eigenvalue weighted by atomic mass is 15.1. The lowest BCUT2D eigenvalue weighted by molar-refractivity contribution is 0.476. The van der Waals surface area contributed by atoms with Crippen molar-refractivity contribution in [3.05, 3.63) is 17.5 Å². The molecule has 1 saturated carbocycles. The molecule has 2 rings (SSSR count). The van der Waals surface area contributed by atoms with Gasteiger partial charge in [0.2, 0.25) is 0 Å². The average molecular weight is 207 g/mol. The van der Waals surface area contributed by atoms with E-state index in [1.54, 1.807) is 0 Å². The molecule has 1 aliphatic carbocycles. The predicted molar refractivity (Wildman–Crippen MR) is 61.6 cm³/mol. The summed E-state index contributed by atoms with van der Waals surface area (Å²) >= 11 is 0. The topological polar surface area (TPSA) is 40.7 Å². The Morgan fingerprint density at radius 1 is 1.53 bits per heavy atom. The van der Waals surface area contributed by atoms with Crippen LogP contribution in [0.2, 0.25) is 0 Å². The molecule has 0 amide bonds. The van der Waals surface area contributed by atoms with E-state index in [1.165, 1.54) is 36.9 Å². The lowest BCUT2D eigenvalue weighted by Crippen LogP contribution is -2.25. The van der Waals surface area contributed by atoms with Crippen molar-refractivity contribution in [1.29, 1.82) is 0 Å². The van der Waals surface area contributed by atoms with Crippen LogP contribution in [0.1, 0.15) is 43.9 Å². The van der Waals surface area contributed by atoms with Crippen molar-refractivity contribution in [1.82, 2.24) is 15.5 Å². The van der Waals surface area contributed by atoms with E-state index >= 15 is 0 Å². The van der Waals surface area contributed by atoms with Gasteiger partial charge in [-0.1, -0.05) is 13.3 Å². The Labute approximate surface area is 91.7 Å². The van der Waals surface area contributed by atoms with Gasteiger partial charge < -0.3 is 5.32 Å². The summed E-state index contributed by atoms with van der Waals surface area (Å²) in [6, 6.07) is 0.726. The third-order valence-electron chi connectivity index (χ3n) is 3.63. The molecule has 0 bridgehead atoms. The number of nitrogens with one attached hydrogen (secondary N) is 2. The summed E-state index contributed by atoms with van der Waals surface area (Å²) in [4.78, 5) is 0. The Kier molecular flexibility index (Phi) is 3.41. The number of nitrogens with zero attached hydrogens (tertiary/aromatic N) is 1. The van der Waals surface area contributed by atoms with Crippen molar-refractivity contribution in [3.63, 3.8) is 0 Å². The zero-order valence-corrected chi connectivity index (χ0v) is 9.71. The first-order valence-corrected chi connectivity index (χ1v) is 6.01. The number of aryl methyl sites for hydroxylation is 1. The Hall–Kier alpha value is -0.830. The first-order valence-electron chi connectivity index (χ1n) is 6.01. The zero-order valence-electron chi connectivity index (χ0n) is 9.71. The molecule has 1 fully saturated rings. The molecular formula is C12H21N3. The van der Waals surface area contributed by atoms with Crippen LogP contribution in [0.25, 0.3) is 0 Å². The Morgan fingerprint density at radius 2 is 2.40 bits per heavy atom. The maximum Gasteiger partial charge on any atom is 0.0535 e. The van der Waals surface area contributed by atoms with Crippen LogP contribution in [0.5, 0.6) is 0 Å². The molecule has 0 spiro atoms. The molecule has 1 aromatic rings. The van der Waals surface area contributed by atoms with Crippen LogP contribution in [-0.4, -0.2) is 16.2 Å². The van der Waals surface area contributed by atoms with Crippen molar-refractivity contribution < 1.29 is 0 Å². The van der Waals surface area contributed by atoms with Gasteiger partial charge in [0.1, 0.15) is 0 Å². The van der Waals surface area contributed by atoms with Gasteiger partial charge in [-0.25, -0.2) is 0 Å². The van der Waals surface area contributed by atoms with Crippen LogP contribution >= 0.6 is 0 Å². The number of hydrogen-bond donors (Lipinski definition) is 2. The molecule has 84 valence electrons. The van der Waals surface area contributed by atoms with Crippen LogP contribution in [0.3, 0.4) is 0 Å². The van der Waals surface area contributed by atoms with Gasteiger partial charge in [0, 0.05) is 23.8 Å². The summed E-state index contributed by atoms with van der Waals surface area (Å²) in [6.07, 6.45) is 7.36. The molecule has 3 nitrogen and oxygen atoms in total. The van der Waals surface area contributed by atoms with Crippen molar-refractivity contribution in [2.24, 2.45) is 5.92 Å². The van der Waals surface area contributed by atoms with Crippen LogP contribution in [-0.2, 0) is 6.54 Å². The third-order valence-corrected chi connectivity index (χ3v) is 3.63. The fourth-order valence-electron chi connectivity index (χ4n) is 2.44. The lowest BCUT2D eigenvalue weighted by atomic mass is 10.1. The molecule has 0 aromatic carbocycles. The summed E-state index contributed by atoms with van der Waals surface area (Å²) in [5, 5.41) is 10.6. The number of rotatable bonds is 4. The van der Waals surface area contributed by atoms with Crippen LogP contribution in [0.15, 0.2) is 6.20 Å². The summed E-state index contributed by atoms with van der Waals surface area (Å²) < 4.78 is 0. The summed E-state index contributed by atoms with van der Waals surface area (Å²) in [5.41, 5.74) is 2.49. The van der Waals surface area contributed by atoms with Crippen LogP contribution in [0, 0.1) is 12.8 Å². The standard InChI is InChI=1S/C12H21N3/c1-3-10-4-5-12(6-10)13-7-11-8-14-15-9(11)2/h8,10,12-13H,3-7H2,1-2H3,(H,14,15). The average Bonchev–Trinajstić information content (AvgIpc) is 2.84. The van der Waals surface area contributed by atoms with E-state index in [0.29, 0.717) is 0 Å². The van der Waals surface area contributed by atoms with Crippen LogP contribution in [0.4, 0.5) is 0 Å². The van der Waals surface area contributed by atoms with Crippen LogP contribution < -0.4 is 5.32 Å². The zero-order chi connectivity index (χ0) is 10.7. The molecule has 0 saturated heterocycles. The molecule has 15 heavy (non-hydrogen) atoms. The second-order valence-corrected chi connectivity index (χ2v) is 4.69. The van der Waals surface area contributed by atoms with Gasteiger partial charge in [-0.2, -0.15) is 5.10 Å². The molecule has 2 N–H and O–H groups in total. The highest BCUT2D eigenvalue weighted by Crippen LogP contribution is 2.27. The van der Waals surface area contributed by atoms with E-state index in [-0.39, 0.29) is 0 Å². The third kappa shape index (κ3) is 2.59. The van der Waals surface area contributed by atoms with Crippen molar-refractivity contribution in [2.75, 3.05) is 0 Å². The second-order valence-electron chi connectivity index (χ2n) is 4.69. The highest BCUT2D eigenvalue weighted by molar-refractivity contribution is 5.13. The normalized spacial score (nSPS) is 26.0. The predicted octanol–water partition coefficient (Wildman–Crippen LogP) is 2.39. The van der Waals surface area contributed by atoms with Gasteiger partial charge in [0.15, 0.2) is 0 Å². The van der Waals surface area contributed by atoms with E-state index in [2.05, 4.69) is 29.4 Å². The fraction of sp³-hybridized carbons (Fsp3) is 0.750. The Bertz CT molecular complexity index is 306. The van der Waals surface area contributed by atoms with E-state index in [1.807, 2.05) is 6.20 Å². The summed E-state index contributed by atoms with van der Waals surface area (Å²) in [5.74, 6) is 0.952. The highest BCUT2D eigenvalue weighted by Gasteiger charge is 2.22. The molecule has 1 aromatic heterocycles. The van der Waals surface area contributed by atoms with Crippen molar-refractivity contribution in [2.45, 2.75) is 52.1 Å². The van der Waals surface area contributed by atoms with Gasteiger partial charge in [0.25, 0.3) is 0 Å². The smallest absolute Gasteiger partial charge is 0.0535 e. The Balaban J connectivity index is 1.77. The Morgan fingerprint density at radius 3 is 3.00 bits per heavy atom. The van der Waals surface area contributed by atoms with E-state index in [0.717, 1.165) is 18.5 Å². The molecule has 3 heteroatoms. The minimum atomic E-state index is 0.726. The monoisotopic (exact) mass is 207 g/mol. The maximum absolute atomic E-state index is 4.03. The summed E-state index contributed by atoms with van der Waals surface area (Å²) in [6.45, 7) is 5.34. The minimum Gasteiger partial charge on any atom is -0.310 e. The van der Waals surface area contributed by atoms with Gasteiger partial charge >= 0.3 is 0 Å². The maximum atomic E-state index is 4.03. The first-order chi connectivity index (χ1) is 7.29. The number of hydrogen-bond acceptors (Lipinski definition) is 2. The lowest BCUT2D eigenvalue weighted by Gasteiger charge is -2.12. The second kappa shape index (κ2) is 4.79. The van der Waals surface area contributed by atoms with Gasteiger partial charge in [-0.05, 0) is 32.1 Å². The first kappa shape index (κ1) is 10.7. The molecular weight excluding hydrogens is 186 g/mol. The molecule has 2 atom stereocenters. The molecule has 0 radical (unpaired) electrons. The minimum absolute atomic E-state index is 0.726. The van der Waals surface area contributed by atoms with E-state index in [9.17, 15) is 0 Å². The molecule has 1 aliphatic rings. The SMILES string of the molecule is CCC1CCC(NCc2cn[nH]c2C)C1. The van der Waals surface area contributed by atoms with Gasteiger partial charge in [-0.15, -0.1) is 0 Å². The molecule has 2 unspecified atom stereocenters. The van der Waals surface area contributed by atoms with E-state index < -0.39 is 0 Å². The quantitative estimate of drug-likeness (QED) is 0.796. The molecule has 1 heterocycles. The van der Waals surface area contributed by atoms with Crippen molar-refractivity contribution >= 4 is 0 Å².